The van der Waals surface area contributed by atoms with Gasteiger partial charge in [-0.2, -0.15) is 0 Å². The number of carbonyl (C=O) groups excluding carboxylic acids is 2. The van der Waals surface area contributed by atoms with Gasteiger partial charge in [0.2, 0.25) is 5.91 Å². The number of carbonyl (C=O) groups is 2. The van der Waals surface area contributed by atoms with Gasteiger partial charge in [0.25, 0.3) is 5.91 Å². The van der Waals surface area contributed by atoms with E-state index in [0.717, 1.165) is 28.9 Å². The normalized spacial score (nSPS) is 15.0. The maximum atomic E-state index is 13.0. The minimum atomic E-state index is -0.325. The molecule has 1 unspecified atom stereocenters. The Balaban J connectivity index is 1.65. The molecule has 7 nitrogen and oxygen atoms in total. The van der Waals surface area contributed by atoms with Gasteiger partial charge in [-0.1, -0.05) is 36.4 Å². The summed E-state index contributed by atoms with van der Waals surface area (Å²) in [7, 11) is 1.91. The average Bonchev–Trinajstić information content (AvgIpc) is 2.84. The van der Waals surface area contributed by atoms with E-state index in [0.29, 0.717) is 24.1 Å². The van der Waals surface area contributed by atoms with E-state index in [-0.39, 0.29) is 30.2 Å². The molecule has 3 aromatic rings. The lowest BCUT2D eigenvalue weighted by Crippen LogP contribution is -2.40. The molecule has 1 atom stereocenters. The largest absolute Gasteiger partial charge is 0.508 e. The number of aromatic hydroxyl groups is 1. The number of aliphatic hydroxyl groups is 1. The van der Waals surface area contributed by atoms with Gasteiger partial charge in [-0.05, 0) is 60.0 Å². The first-order chi connectivity index (χ1) is 16.4. The summed E-state index contributed by atoms with van der Waals surface area (Å²) in [5.74, 6) is -0.487. The molecule has 0 aliphatic carbocycles. The van der Waals surface area contributed by atoms with Crippen LogP contribution >= 0.6 is 0 Å². The molecule has 0 spiro atoms. The van der Waals surface area contributed by atoms with Crippen LogP contribution in [0.4, 0.5) is 5.69 Å². The van der Waals surface area contributed by atoms with Crippen molar-refractivity contribution in [1.29, 1.82) is 0 Å². The summed E-state index contributed by atoms with van der Waals surface area (Å²) in [6, 6.07) is 18.4. The van der Waals surface area contributed by atoms with Crippen LogP contribution in [0.1, 0.15) is 46.4 Å². The minimum absolute atomic E-state index is 0.0419. The van der Waals surface area contributed by atoms with E-state index in [4.69, 9.17) is 0 Å². The number of phenols is 1. The van der Waals surface area contributed by atoms with Crippen LogP contribution in [0.2, 0.25) is 0 Å². The topological polar surface area (TPSA) is 102 Å². The molecule has 0 fully saturated rings. The van der Waals surface area contributed by atoms with Crippen molar-refractivity contribution < 1.29 is 19.8 Å². The molecule has 1 aliphatic heterocycles. The molecule has 2 amide bonds. The van der Waals surface area contributed by atoms with Gasteiger partial charge in [0, 0.05) is 36.8 Å². The number of amides is 2. The summed E-state index contributed by atoms with van der Waals surface area (Å²) >= 11 is 0. The van der Waals surface area contributed by atoms with Crippen LogP contribution in [0.3, 0.4) is 0 Å². The highest BCUT2D eigenvalue weighted by Gasteiger charge is 2.29. The molecule has 4 rings (SSSR count). The van der Waals surface area contributed by atoms with E-state index >= 15 is 0 Å². The summed E-state index contributed by atoms with van der Waals surface area (Å²) in [5.41, 5.74) is 5.58. The van der Waals surface area contributed by atoms with E-state index in [1.165, 1.54) is 17.7 Å². The van der Waals surface area contributed by atoms with E-state index < -0.39 is 0 Å². The summed E-state index contributed by atoms with van der Waals surface area (Å²) in [6.07, 6.45) is 0.573. The standard InChI is InChI=1S/C27H29N3O4/c1-17(32)30-12-11-24(29-27(34)21-7-8-22(16-31)26(33)14-21)23-13-20(9-10-25(23)30)19-5-3-18(4-6-19)15-28-2/h3-10,13-14,24,28,31,33H,11-12,15-16H2,1-2H3,(H,29,34). The number of benzene rings is 3. The quantitative estimate of drug-likeness (QED) is 0.452. The third-order valence-electron chi connectivity index (χ3n) is 6.21. The van der Waals surface area contributed by atoms with Crippen LogP contribution < -0.4 is 15.5 Å². The Morgan fingerprint density at radius 1 is 1.03 bits per heavy atom. The summed E-state index contributed by atoms with van der Waals surface area (Å²) < 4.78 is 0. The molecule has 176 valence electrons. The summed E-state index contributed by atoms with van der Waals surface area (Å²) in [6.45, 7) is 2.53. The molecule has 0 aromatic heterocycles. The zero-order valence-electron chi connectivity index (χ0n) is 19.3. The zero-order chi connectivity index (χ0) is 24.2. The van der Waals surface area contributed by atoms with Crippen LogP contribution in [0.25, 0.3) is 11.1 Å². The highest BCUT2D eigenvalue weighted by Crippen LogP contribution is 2.37. The Bertz CT molecular complexity index is 1210. The Morgan fingerprint density at radius 3 is 2.41 bits per heavy atom. The van der Waals surface area contributed by atoms with Crippen molar-refractivity contribution in [2.75, 3.05) is 18.5 Å². The second-order valence-electron chi connectivity index (χ2n) is 8.49. The lowest BCUT2D eigenvalue weighted by atomic mass is 9.92. The predicted octanol–water partition coefficient (Wildman–Crippen LogP) is 3.50. The number of hydrogen-bond donors (Lipinski definition) is 4. The monoisotopic (exact) mass is 459 g/mol. The Hall–Kier alpha value is -3.68. The van der Waals surface area contributed by atoms with Gasteiger partial charge in [0.1, 0.15) is 5.75 Å². The number of nitrogens with one attached hydrogen (secondary N) is 2. The number of hydrogen-bond acceptors (Lipinski definition) is 5. The van der Waals surface area contributed by atoms with E-state index in [1.54, 1.807) is 17.9 Å². The third-order valence-corrected chi connectivity index (χ3v) is 6.21. The molecule has 34 heavy (non-hydrogen) atoms. The van der Waals surface area contributed by atoms with Crippen molar-refractivity contribution in [3.8, 4) is 16.9 Å². The van der Waals surface area contributed by atoms with Crippen molar-refractivity contribution in [2.24, 2.45) is 0 Å². The summed E-state index contributed by atoms with van der Waals surface area (Å²) in [4.78, 5) is 27.0. The molecule has 1 aliphatic rings. The number of fused-ring (bicyclic) bond motifs is 1. The second kappa shape index (κ2) is 10.1. The van der Waals surface area contributed by atoms with Crippen molar-refractivity contribution in [1.82, 2.24) is 10.6 Å². The molecule has 0 bridgehead atoms. The fourth-order valence-corrected chi connectivity index (χ4v) is 4.37. The number of aliphatic hydroxyl groups excluding tert-OH is 1. The van der Waals surface area contributed by atoms with Gasteiger partial charge < -0.3 is 25.7 Å². The van der Waals surface area contributed by atoms with Crippen molar-refractivity contribution in [3.63, 3.8) is 0 Å². The third kappa shape index (κ3) is 4.81. The second-order valence-corrected chi connectivity index (χ2v) is 8.49. The van der Waals surface area contributed by atoms with Gasteiger partial charge in [-0.25, -0.2) is 0 Å². The smallest absolute Gasteiger partial charge is 0.251 e. The number of rotatable bonds is 6. The first-order valence-electron chi connectivity index (χ1n) is 11.3. The van der Waals surface area contributed by atoms with Gasteiger partial charge in [-0.3, -0.25) is 9.59 Å². The lowest BCUT2D eigenvalue weighted by Gasteiger charge is -2.34. The first-order valence-corrected chi connectivity index (χ1v) is 11.3. The molecule has 4 N–H and O–H groups in total. The highest BCUT2D eigenvalue weighted by molar-refractivity contribution is 5.96. The molecule has 1 heterocycles. The zero-order valence-corrected chi connectivity index (χ0v) is 19.3. The van der Waals surface area contributed by atoms with Crippen LogP contribution in [0.5, 0.6) is 5.75 Å². The minimum Gasteiger partial charge on any atom is -0.508 e. The van der Waals surface area contributed by atoms with Crippen molar-refractivity contribution in [2.45, 2.75) is 32.5 Å². The average molecular weight is 460 g/mol. The number of nitrogens with zero attached hydrogens (tertiary/aromatic N) is 1. The molecular formula is C27H29N3O4. The summed E-state index contributed by atoms with van der Waals surface area (Å²) in [5, 5.41) is 25.5. The Kier molecular flexibility index (Phi) is 6.95. The van der Waals surface area contributed by atoms with Crippen molar-refractivity contribution >= 4 is 17.5 Å². The van der Waals surface area contributed by atoms with Crippen LogP contribution in [0.15, 0.2) is 60.7 Å². The van der Waals surface area contributed by atoms with Crippen LogP contribution in [-0.2, 0) is 17.9 Å². The Labute approximate surface area is 199 Å². The van der Waals surface area contributed by atoms with Crippen LogP contribution in [-0.4, -0.2) is 35.6 Å². The molecule has 0 radical (unpaired) electrons. The number of anilines is 1. The molecule has 3 aromatic carbocycles. The molecule has 0 saturated heterocycles. The Morgan fingerprint density at radius 2 is 1.76 bits per heavy atom. The molecular weight excluding hydrogens is 430 g/mol. The fraction of sp³-hybridized carbons (Fsp3) is 0.259. The lowest BCUT2D eigenvalue weighted by molar-refractivity contribution is -0.116. The van der Waals surface area contributed by atoms with Gasteiger partial charge in [-0.15, -0.1) is 0 Å². The van der Waals surface area contributed by atoms with Gasteiger partial charge in [0.15, 0.2) is 0 Å². The van der Waals surface area contributed by atoms with E-state index in [9.17, 15) is 19.8 Å². The SMILES string of the molecule is CNCc1ccc(-c2ccc3c(c2)C(NC(=O)c2ccc(CO)c(O)c2)CCN3C(C)=O)cc1. The van der Waals surface area contributed by atoms with Gasteiger partial charge in [0.05, 0.1) is 12.6 Å². The predicted molar refractivity (Wildman–Crippen MR) is 132 cm³/mol. The first kappa shape index (κ1) is 23.5. The fourth-order valence-electron chi connectivity index (χ4n) is 4.37. The molecule has 0 saturated carbocycles. The molecule has 7 heteroatoms. The van der Waals surface area contributed by atoms with Crippen LogP contribution in [0, 0.1) is 0 Å². The maximum absolute atomic E-state index is 13.0. The van der Waals surface area contributed by atoms with E-state index in [2.05, 4.69) is 34.9 Å². The highest BCUT2D eigenvalue weighted by atomic mass is 16.3. The maximum Gasteiger partial charge on any atom is 0.251 e. The van der Waals surface area contributed by atoms with Crippen molar-refractivity contribution in [3.05, 3.63) is 82.9 Å². The van der Waals surface area contributed by atoms with E-state index in [1.807, 2.05) is 25.2 Å². The van der Waals surface area contributed by atoms with Gasteiger partial charge >= 0.3 is 0 Å².